The molecular weight excluding hydrogens is 262 g/mol. The fraction of sp³-hybridized carbons (Fsp3) is 0.643. The zero-order chi connectivity index (χ0) is 13.5. The van der Waals surface area contributed by atoms with Crippen LogP contribution in [0, 0.1) is 0 Å². The van der Waals surface area contributed by atoms with Gasteiger partial charge in [0.1, 0.15) is 5.15 Å². The summed E-state index contributed by atoms with van der Waals surface area (Å²) in [6, 6.07) is 4.56. The third-order valence-electron chi connectivity index (χ3n) is 3.45. The molecule has 1 atom stereocenters. The van der Waals surface area contributed by atoms with E-state index >= 15 is 0 Å². The molecule has 0 spiro atoms. The quantitative estimate of drug-likeness (QED) is 0.776. The summed E-state index contributed by atoms with van der Waals surface area (Å²) in [5, 5.41) is 4.10. The Labute approximate surface area is 120 Å². The van der Waals surface area contributed by atoms with Crippen molar-refractivity contribution in [3.8, 4) is 0 Å². The first-order valence-electron chi connectivity index (χ1n) is 6.83. The highest BCUT2D eigenvalue weighted by molar-refractivity contribution is 6.29. The Hall–Kier alpha value is -0.680. The Balaban J connectivity index is 1.92. The molecule has 1 aliphatic heterocycles. The zero-order valence-electron chi connectivity index (χ0n) is 11.4. The van der Waals surface area contributed by atoms with E-state index in [0.717, 1.165) is 32.8 Å². The van der Waals surface area contributed by atoms with Crippen molar-refractivity contribution in [3.05, 3.63) is 29.0 Å². The van der Waals surface area contributed by atoms with E-state index in [2.05, 4.69) is 15.2 Å². The molecule has 1 aliphatic rings. The van der Waals surface area contributed by atoms with E-state index < -0.39 is 0 Å². The molecule has 2 rings (SSSR count). The molecule has 0 aromatic carbocycles. The van der Waals surface area contributed by atoms with E-state index in [-0.39, 0.29) is 0 Å². The van der Waals surface area contributed by atoms with Crippen molar-refractivity contribution in [3.63, 3.8) is 0 Å². The summed E-state index contributed by atoms with van der Waals surface area (Å²) >= 11 is 5.94. The van der Waals surface area contributed by atoms with Crippen LogP contribution in [-0.4, -0.2) is 49.3 Å². The SMILES string of the molecule is COCCN(Cc1ccnc(Cl)c1)CC1CCCN1. The molecule has 0 aliphatic carbocycles. The number of pyridine rings is 1. The van der Waals surface area contributed by atoms with Crippen LogP contribution in [-0.2, 0) is 11.3 Å². The van der Waals surface area contributed by atoms with Crippen LogP contribution in [0.1, 0.15) is 18.4 Å². The van der Waals surface area contributed by atoms with Crippen molar-refractivity contribution in [2.45, 2.75) is 25.4 Å². The number of halogens is 1. The van der Waals surface area contributed by atoms with Gasteiger partial charge in [-0.15, -0.1) is 0 Å². The summed E-state index contributed by atoms with van der Waals surface area (Å²) in [6.45, 7) is 4.79. The summed E-state index contributed by atoms with van der Waals surface area (Å²) in [5.74, 6) is 0. The molecule has 19 heavy (non-hydrogen) atoms. The highest BCUT2D eigenvalue weighted by atomic mass is 35.5. The van der Waals surface area contributed by atoms with Gasteiger partial charge in [-0.1, -0.05) is 11.6 Å². The summed E-state index contributed by atoms with van der Waals surface area (Å²) in [7, 11) is 1.75. The van der Waals surface area contributed by atoms with E-state index in [4.69, 9.17) is 16.3 Å². The number of rotatable bonds is 7. The molecule has 1 unspecified atom stereocenters. The van der Waals surface area contributed by atoms with Crippen molar-refractivity contribution in [2.75, 3.05) is 33.4 Å². The van der Waals surface area contributed by atoms with Crippen LogP contribution in [0.3, 0.4) is 0 Å². The molecule has 1 N–H and O–H groups in total. The van der Waals surface area contributed by atoms with E-state index in [1.165, 1.54) is 18.4 Å². The highest BCUT2D eigenvalue weighted by Gasteiger charge is 2.18. The number of aromatic nitrogens is 1. The zero-order valence-corrected chi connectivity index (χ0v) is 12.2. The predicted molar refractivity (Wildman–Crippen MR) is 77.4 cm³/mol. The van der Waals surface area contributed by atoms with Crippen LogP contribution in [0.5, 0.6) is 0 Å². The van der Waals surface area contributed by atoms with Crippen molar-refractivity contribution in [2.24, 2.45) is 0 Å². The third-order valence-corrected chi connectivity index (χ3v) is 3.66. The van der Waals surface area contributed by atoms with Gasteiger partial charge in [0.05, 0.1) is 6.61 Å². The number of nitrogens with one attached hydrogen (secondary N) is 1. The van der Waals surface area contributed by atoms with Crippen LogP contribution in [0.2, 0.25) is 5.15 Å². The Kier molecular flexibility index (Phi) is 6.04. The van der Waals surface area contributed by atoms with Crippen LogP contribution in [0.4, 0.5) is 0 Å². The topological polar surface area (TPSA) is 37.4 Å². The van der Waals surface area contributed by atoms with Crippen LogP contribution in [0.15, 0.2) is 18.3 Å². The smallest absolute Gasteiger partial charge is 0.129 e. The molecule has 4 nitrogen and oxygen atoms in total. The Bertz CT molecular complexity index is 383. The lowest BCUT2D eigenvalue weighted by atomic mass is 10.2. The molecule has 106 valence electrons. The summed E-state index contributed by atoms with van der Waals surface area (Å²) in [4.78, 5) is 6.44. The second-order valence-corrected chi connectivity index (χ2v) is 5.40. The molecule has 0 radical (unpaired) electrons. The molecule has 2 heterocycles. The Morgan fingerprint density at radius 3 is 3.16 bits per heavy atom. The molecule has 5 heteroatoms. The molecule has 1 aromatic heterocycles. The van der Waals surface area contributed by atoms with Gasteiger partial charge >= 0.3 is 0 Å². The van der Waals surface area contributed by atoms with Gasteiger partial charge in [-0.3, -0.25) is 4.90 Å². The molecule has 1 saturated heterocycles. The largest absolute Gasteiger partial charge is 0.383 e. The van der Waals surface area contributed by atoms with Gasteiger partial charge in [0.2, 0.25) is 0 Å². The lowest BCUT2D eigenvalue weighted by Gasteiger charge is -2.25. The predicted octanol–water partition coefficient (Wildman–Crippen LogP) is 1.94. The summed E-state index contributed by atoms with van der Waals surface area (Å²) < 4.78 is 5.20. The number of hydrogen-bond donors (Lipinski definition) is 1. The monoisotopic (exact) mass is 283 g/mol. The maximum absolute atomic E-state index is 5.94. The first-order chi connectivity index (χ1) is 9.28. The van der Waals surface area contributed by atoms with Gasteiger partial charge in [0.25, 0.3) is 0 Å². The van der Waals surface area contributed by atoms with Gasteiger partial charge in [0, 0.05) is 39.0 Å². The van der Waals surface area contributed by atoms with Gasteiger partial charge in [-0.2, -0.15) is 0 Å². The minimum Gasteiger partial charge on any atom is -0.383 e. The van der Waals surface area contributed by atoms with Gasteiger partial charge < -0.3 is 10.1 Å². The molecule has 0 amide bonds. The molecule has 1 aromatic rings. The summed E-state index contributed by atoms with van der Waals surface area (Å²) in [6.07, 6.45) is 4.31. The second-order valence-electron chi connectivity index (χ2n) is 5.01. The standard InChI is InChI=1S/C14H22ClN3O/c1-19-8-7-18(11-13-3-2-5-16-13)10-12-4-6-17-14(15)9-12/h4,6,9,13,16H,2-3,5,7-8,10-11H2,1H3. The normalized spacial score (nSPS) is 19.2. The lowest BCUT2D eigenvalue weighted by molar-refractivity contribution is 0.138. The number of ether oxygens (including phenoxy) is 1. The van der Waals surface area contributed by atoms with Crippen molar-refractivity contribution >= 4 is 11.6 Å². The lowest BCUT2D eigenvalue weighted by Crippen LogP contribution is -2.38. The van der Waals surface area contributed by atoms with Gasteiger partial charge in [-0.05, 0) is 37.1 Å². The second kappa shape index (κ2) is 7.80. The van der Waals surface area contributed by atoms with E-state index in [1.807, 2.05) is 12.1 Å². The molecule has 1 fully saturated rings. The minimum atomic E-state index is 0.559. The van der Waals surface area contributed by atoms with Gasteiger partial charge in [-0.25, -0.2) is 4.98 Å². The van der Waals surface area contributed by atoms with E-state index in [0.29, 0.717) is 11.2 Å². The number of methoxy groups -OCH3 is 1. The fourth-order valence-electron chi connectivity index (χ4n) is 2.48. The van der Waals surface area contributed by atoms with Crippen molar-refractivity contribution in [1.82, 2.24) is 15.2 Å². The minimum absolute atomic E-state index is 0.559. The average molecular weight is 284 g/mol. The van der Waals surface area contributed by atoms with E-state index in [9.17, 15) is 0 Å². The molecule has 0 saturated carbocycles. The number of hydrogen-bond acceptors (Lipinski definition) is 4. The first-order valence-corrected chi connectivity index (χ1v) is 7.21. The van der Waals surface area contributed by atoms with E-state index in [1.54, 1.807) is 13.3 Å². The maximum atomic E-state index is 5.94. The third kappa shape index (κ3) is 5.07. The van der Waals surface area contributed by atoms with Crippen molar-refractivity contribution in [1.29, 1.82) is 0 Å². The molecular formula is C14H22ClN3O. The first kappa shape index (κ1) is 14.7. The van der Waals surface area contributed by atoms with Crippen LogP contribution < -0.4 is 5.32 Å². The van der Waals surface area contributed by atoms with Crippen LogP contribution in [0.25, 0.3) is 0 Å². The van der Waals surface area contributed by atoms with Gasteiger partial charge in [0.15, 0.2) is 0 Å². The average Bonchev–Trinajstić information content (AvgIpc) is 2.89. The Morgan fingerprint density at radius 2 is 2.47 bits per heavy atom. The molecule has 0 bridgehead atoms. The number of nitrogens with zero attached hydrogens (tertiary/aromatic N) is 2. The summed E-state index contributed by atoms with van der Waals surface area (Å²) in [5.41, 5.74) is 1.20. The van der Waals surface area contributed by atoms with Crippen molar-refractivity contribution < 1.29 is 4.74 Å². The van der Waals surface area contributed by atoms with Crippen LogP contribution >= 0.6 is 11.6 Å². The maximum Gasteiger partial charge on any atom is 0.129 e. The fourth-order valence-corrected chi connectivity index (χ4v) is 2.68. The Morgan fingerprint density at radius 1 is 1.58 bits per heavy atom. The highest BCUT2D eigenvalue weighted by Crippen LogP contribution is 2.12.